The standard InChI is InChI=1S/C10H11ClFNOS/c11-9-2-1-3-10(12)8(9)6-15-5-4-13-7-14/h1-3,7H,4-6H2,(H,13,14). The van der Waals surface area contributed by atoms with Crippen LogP contribution in [0.1, 0.15) is 5.56 Å². The first-order valence-corrected chi connectivity index (χ1v) is 5.96. The molecule has 0 spiro atoms. The van der Waals surface area contributed by atoms with E-state index >= 15 is 0 Å². The zero-order chi connectivity index (χ0) is 11.1. The van der Waals surface area contributed by atoms with Gasteiger partial charge in [-0.15, -0.1) is 0 Å². The maximum atomic E-state index is 13.3. The van der Waals surface area contributed by atoms with Gasteiger partial charge in [-0.05, 0) is 12.1 Å². The molecule has 0 aromatic heterocycles. The summed E-state index contributed by atoms with van der Waals surface area (Å²) in [5, 5.41) is 2.99. The SMILES string of the molecule is O=CNCCSCc1c(F)cccc1Cl. The third-order valence-corrected chi connectivity index (χ3v) is 3.12. The molecule has 1 amide bonds. The largest absolute Gasteiger partial charge is 0.358 e. The van der Waals surface area contributed by atoms with Gasteiger partial charge in [-0.3, -0.25) is 4.79 Å². The monoisotopic (exact) mass is 247 g/mol. The molecular weight excluding hydrogens is 237 g/mol. The van der Waals surface area contributed by atoms with Gasteiger partial charge in [0.15, 0.2) is 0 Å². The predicted octanol–water partition coefficient (Wildman–Crippen LogP) is 2.46. The lowest BCUT2D eigenvalue weighted by molar-refractivity contribution is -0.109. The van der Waals surface area contributed by atoms with Gasteiger partial charge in [0.25, 0.3) is 0 Å². The molecule has 0 aliphatic rings. The molecule has 0 atom stereocenters. The van der Waals surface area contributed by atoms with E-state index in [0.717, 1.165) is 5.75 Å². The summed E-state index contributed by atoms with van der Waals surface area (Å²) in [6, 6.07) is 4.65. The smallest absolute Gasteiger partial charge is 0.207 e. The minimum absolute atomic E-state index is 0.279. The third kappa shape index (κ3) is 4.10. The number of carbonyl (C=O) groups excluding carboxylic acids is 1. The van der Waals surface area contributed by atoms with E-state index in [9.17, 15) is 9.18 Å². The van der Waals surface area contributed by atoms with Crippen molar-refractivity contribution in [1.29, 1.82) is 0 Å². The van der Waals surface area contributed by atoms with Gasteiger partial charge < -0.3 is 5.32 Å². The Hall–Kier alpha value is -0.740. The number of hydrogen-bond donors (Lipinski definition) is 1. The van der Waals surface area contributed by atoms with E-state index in [1.165, 1.54) is 17.8 Å². The van der Waals surface area contributed by atoms with Gasteiger partial charge >= 0.3 is 0 Å². The molecule has 2 nitrogen and oxygen atoms in total. The van der Waals surface area contributed by atoms with Crippen LogP contribution >= 0.6 is 23.4 Å². The number of nitrogens with one attached hydrogen (secondary N) is 1. The summed E-state index contributed by atoms with van der Waals surface area (Å²) in [6.45, 7) is 0.584. The Morgan fingerprint density at radius 3 is 3.00 bits per heavy atom. The summed E-state index contributed by atoms with van der Waals surface area (Å²) in [6.07, 6.45) is 0.649. The molecule has 0 saturated heterocycles. The zero-order valence-electron chi connectivity index (χ0n) is 8.00. The summed E-state index contributed by atoms with van der Waals surface area (Å²) in [5.41, 5.74) is 0.523. The van der Waals surface area contributed by atoms with E-state index in [1.807, 2.05) is 0 Å². The van der Waals surface area contributed by atoms with Crippen LogP contribution < -0.4 is 5.32 Å². The van der Waals surface area contributed by atoms with Crippen LogP contribution in [-0.2, 0) is 10.5 Å². The second kappa shape index (κ2) is 6.69. The van der Waals surface area contributed by atoms with Crippen molar-refractivity contribution in [1.82, 2.24) is 5.32 Å². The van der Waals surface area contributed by atoms with Crippen LogP contribution in [0.3, 0.4) is 0 Å². The van der Waals surface area contributed by atoms with E-state index in [4.69, 9.17) is 11.6 Å². The van der Waals surface area contributed by atoms with Gasteiger partial charge in [-0.2, -0.15) is 11.8 Å². The average Bonchev–Trinajstić information content (AvgIpc) is 2.21. The van der Waals surface area contributed by atoms with Crippen LogP contribution in [0.15, 0.2) is 18.2 Å². The van der Waals surface area contributed by atoms with Crippen molar-refractivity contribution in [3.63, 3.8) is 0 Å². The van der Waals surface area contributed by atoms with Crippen molar-refractivity contribution in [3.8, 4) is 0 Å². The quantitative estimate of drug-likeness (QED) is 0.618. The van der Waals surface area contributed by atoms with Crippen LogP contribution in [0.25, 0.3) is 0 Å². The minimum Gasteiger partial charge on any atom is -0.358 e. The Kier molecular flexibility index (Phi) is 5.50. The molecule has 0 aliphatic heterocycles. The molecule has 1 N–H and O–H groups in total. The molecule has 0 unspecified atom stereocenters. The van der Waals surface area contributed by atoms with Gasteiger partial charge in [-0.25, -0.2) is 4.39 Å². The van der Waals surface area contributed by atoms with E-state index in [-0.39, 0.29) is 5.82 Å². The summed E-state index contributed by atoms with van der Waals surface area (Å²) < 4.78 is 13.3. The summed E-state index contributed by atoms with van der Waals surface area (Å²) in [5.74, 6) is 0.980. The van der Waals surface area contributed by atoms with Crippen molar-refractivity contribution >= 4 is 29.8 Å². The highest BCUT2D eigenvalue weighted by molar-refractivity contribution is 7.98. The first-order valence-electron chi connectivity index (χ1n) is 4.43. The lowest BCUT2D eigenvalue weighted by atomic mass is 10.2. The maximum absolute atomic E-state index is 13.3. The Morgan fingerprint density at radius 1 is 1.53 bits per heavy atom. The Morgan fingerprint density at radius 2 is 2.33 bits per heavy atom. The molecule has 0 saturated carbocycles. The van der Waals surface area contributed by atoms with Crippen molar-refractivity contribution in [3.05, 3.63) is 34.6 Å². The Balaban J connectivity index is 2.40. The molecule has 1 rings (SSSR count). The van der Waals surface area contributed by atoms with Crippen molar-refractivity contribution in [2.24, 2.45) is 0 Å². The van der Waals surface area contributed by atoms with E-state index < -0.39 is 0 Å². The number of hydrogen-bond acceptors (Lipinski definition) is 2. The van der Waals surface area contributed by atoms with E-state index in [0.29, 0.717) is 29.3 Å². The topological polar surface area (TPSA) is 29.1 Å². The summed E-state index contributed by atoms with van der Waals surface area (Å²) >= 11 is 7.37. The number of thioether (sulfide) groups is 1. The number of halogens is 2. The Labute approximate surface area is 97.2 Å². The summed E-state index contributed by atoms with van der Waals surface area (Å²) in [7, 11) is 0. The van der Waals surface area contributed by atoms with Gasteiger partial charge in [0, 0.05) is 28.6 Å². The second-order valence-electron chi connectivity index (χ2n) is 2.82. The van der Waals surface area contributed by atoms with Gasteiger partial charge in [0.2, 0.25) is 6.41 Å². The molecule has 0 heterocycles. The Bertz CT molecular complexity index is 315. The molecule has 0 aliphatic carbocycles. The van der Waals surface area contributed by atoms with Crippen LogP contribution in [0.4, 0.5) is 4.39 Å². The van der Waals surface area contributed by atoms with E-state index in [1.54, 1.807) is 12.1 Å². The zero-order valence-corrected chi connectivity index (χ0v) is 9.58. The number of benzene rings is 1. The first kappa shape index (κ1) is 12.3. The fourth-order valence-corrected chi connectivity index (χ4v) is 2.25. The van der Waals surface area contributed by atoms with E-state index in [2.05, 4.69) is 5.32 Å². The van der Waals surface area contributed by atoms with Gasteiger partial charge in [0.1, 0.15) is 5.82 Å². The van der Waals surface area contributed by atoms with Gasteiger partial charge in [-0.1, -0.05) is 17.7 Å². The minimum atomic E-state index is -0.279. The lowest BCUT2D eigenvalue weighted by Crippen LogP contribution is -2.14. The number of amides is 1. The highest BCUT2D eigenvalue weighted by atomic mass is 35.5. The molecule has 0 radical (unpaired) electrons. The average molecular weight is 248 g/mol. The third-order valence-electron chi connectivity index (χ3n) is 1.78. The molecule has 1 aromatic carbocycles. The molecule has 1 aromatic rings. The predicted molar refractivity (Wildman–Crippen MR) is 61.6 cm³/mol. The molecule has 0 fully saturated rings. The first-order chi connectivity index (χ1) is 7.25. The molecule has 5 heteroatoms. The highest BCUT2D eigenvalue weighted by Gasteiger charge is 2.05. The fourth-order valence-electron chi connectivity index (χ4n) is 1.03. The van der Waals surface area contributed by atoms with Crippen molar-refractivity contribution < 1.29 is 9.18 Å². The van der Waals surface area contributed by atoms with Crippen molar-refractivity contribution in [2.75, 3.05) is 12.3 Å². The van der Waals surface area contributed by atoms with Crippen LogP contribution in [0.5, 0.6) is 0 Å². The van der Waals surface area contributed by atoms with Crippen LogP contribution in [0.2, 0.25) is 5.02 Å². The van der Waals surface area contributed by atoms with Crippen LogP contribution in [0, 0.1) is 5.82 Å². The second-order valence-corrected chi connectivity index (χ2v) is 4.34. The summed E-state index contributed by atoms with van der Waals surface area (Å²) in [4.78, 5) is 9.94. The fraction of sp³-hybridized carbons (Fsp3) is 0.300. The molecule has 15 heavy (non-hydrogen) atoms. The molecule has 82 valence electrons. The van der Waals surface area contributed by atoms with Crippen LogP contribution in [-0.4, -0.2) is 18.7 Å². The molecular formula is C10H11ClFNOS. The number of carbonyl (C=O) groups is 1. The highest BCUT2D eigenvalue weighted by Crippen LogP contribution is 2.23. The lowest BCUT2D eigenvalue weighted by Gasteiger charge is -2.05. The van der Waals surface area contributed by atoms with Gasteiger partial charge in [0.05, 0.1) is 0 Å². The maximum Gasteiger partial charge on any atom is 0.207 e. The normalized spacial score (nSPS) is 10.0. The van der Waals surface area contributed by atoms with Crippen molar-refractivity contribution in [2.45, 2.75) is 5.75 Å². The number of rotatable bonds is 6. The molecule has 0 bridgehead atoms.